The monoisotopic (exact) mass is 429 g/mol. The maximum Gasteiger partial charge on any atom is 0.306 e. The number of hydrogen-bond donors (Lipinski definition) is 4. The average molecular weight is 430 g/mol. The highest BCUT2D eigenvalue weighted by molar-refractivity contribution is 7.81. The molecule has 0 bridgehead atoms. The first-order valence-electron chi connectivity index (χ1n) is 11.4. The lowest BCUT2D eigenvalue weighted by atomic mass is 9.91. The smallest absolute Gasteiger partial charge is 0.306 e. The minimum atomic E-state index is -0.333. The highest BCUT2D eigenvalue weighted by Gasteiger charge is 2.30. The summed E-state index contributed by atoms with van der Waals surface area (Å²) in [4.78, 5) is 24.8. The number of nitrogens with one attached hydrogen (secondary N) is 3. The lowest BCUT2D eigenvalue weighted by molar-refractivity contribution is -0.141. The molecule has 0 saturated carbocycles. The summed E-state index contributed by atoms with van der Waals surface area (Å²) in [5, 5.41) is 9.96. The van der Waals surface area contributed by atoms with Gasteiger partial charge in [-0.1, -0.05) is 33.1 Å². The first-order chi connectivity index (χ1) is 13.9. The Labute approximate surface area is 183 Å². The summed E-state index contributed by atoms with van der Waals surface area (Å²) in [6, 6.07) is 0.110. The van der Waals surface area contributed by atoms with Gasteiger partial charge in [-0.15, -0.1) is 0 Å². The predicted molar refractivity (Wildman–Crippen MR) is 122 cm³/mol. The molecule has 3 atom stereocenters. The molecule has 3 unspecified atom stereocenters. The topological polar surface area (TPSA) is 79.5 Å². The Morgan fingerprint density at radius 3 is 2.28 bits per heavy atom. The Bertz CT molecular complexity index is 449. The Kier molecular flexibility index (Phi) is 14.5. The molecule has 3 N–H and O–H groups in total. The molecule has 1 aliphatic rings. The van der Waals surface area contributed by atoms with E-state index in [1.807, 2.05) is 0 Å². The summed E-state index contributed by atoms with van der Waals surface area (Å²) in [5.74, 6) is -0.259. The van der Waals surface area contributed by atoms with Crippen LogP contribution in [0.5, 0.6) is 0 Å². The van der Waals surface area contributed by atoms with Crippen LogP contribution in [-0.2, 0) is 14.3 Å². The maximum absolute atomic E-state index is 13.1. The quantitative estimate of drug-likeness (QED) is 0.370. The van der Waals surface area contributed by atoms with E-state index in [9.17, 15) is 9.59 Å². The number of thiol groups is 1. The summed E-state index contributed by atoms with van der Waals surface area (Å²) >= 11 is 4.58. The molecule has 0 aromatic heterocycles. The summed E-state index contributed by atoms with van der Waals surface area (Å²) in [5.41, 5.74) is 0. The second kappa shape index (κ2) is 16.0. The van der Waals surface area contributed by atoms with Crippen LogP contribution >= 0.6 is 12.6 Å². The molecule has 7 heteroatoms. The van der Waals surface area contributed by atoms with Crippen molar-refractivity contribution in [1.82, 2.24) is 16.0 Å². The van der Waals surface area contributed by atoms with Crippen molar-refractivity contribution in [2.45, 2.75) is 82.9 Å². The first-order valence-corrected chi connectivity index (χ1v) is 11.9. The normalized spacial score (nSPS) is 22.3. The van der Waals surface area contributed by atoms with Crippen molar-refractivity contribution in [2.75, 3.05) is 33.3 Å². The van der Waals surface area contributed by atoms with Crippen molar-refractivity contribution >= 4 is 24.5 Å². The van der Waals surface area contributed by atoms with Gasteiger partial charge in [0.2, 0.25) is 5.91 Å². The van der Waals surface area contributed by atoms with Gasteiger partial charge >= 0.3 is 5.97 Å². The standard InChI is InChI=1S/C22H43N3O3S/c1-17(2)14-19(20(29)15-21(26)28-3)22(27)25-18-10-6-9-12-23-11-7-4-5-8-13-24-16-18/h17-20,23-24,29H,4-16H2,1-3H3,(H,25,27). The van der Waals surface area contributed by atoms with E-state index in [0.29, 0.717) is 12.3 Å². The molecule has 1 aliphatic heterocycles. The Morgan fingerprint density at radius 1 is 1.03 bits per heavy atom. The van der Waals surface area contributed by atoms with E-state index >= 15 is 0 Å². The fraction of sp³-hybridized carbons (Fsp3) is 0.909. The number of methoxy groups -OCH3 is 1. The molecule has 29 heavy (non-hydrogen) atoms. The van der Waals surface area contributed by atoms with Crippen LogP contribution in [0.1, 0.15) is 71.6 Å². The molecule has 1 rings (SSSR count). The van der Waals surface area contributed by atoms with Gasteiger partial charge in [-0.2, -0.15) is 12.6 Å². The molecular weight excluding hydrogens is 386 g/mol. The van der Waals surface area contributed by atoms with Crippen LogP contribution in [0, 0.1) is 11.8 Å². The number of ether oxygens (including phenoxy) is 1. The molecule has 6 nitrogen and oxygen atoms in total. The average Bonchev–Trinajstić information content (AvgIpc) is 2.68. The van der Waals surface area contributed by atoms with Crippen LogP contribution < -0.4 is 16.0 Å². The van der Waals surface area contributed by atoms with E-state index in [0.717, 1.165) is 45.4 Å². The van der Waals surface area contributed by atoms with Crippen LogP contribution in [0.3, 0.4) is 0 Å². The summed E-state index contributed by atoms with van der Waals surface area (Å²) < 4.78 is 4.77. The van der Waals surface area contributed by atoms with Gasteiger partial charge < -0.3 is 20.7 Å². The third-order valence-corrected chi connectivity index (χ3v) is 6.02. The molecule has 1 fully saturated rings. The van der Waals surface area contributed by atoms with E-state index in [1.54, 1.807) is 0 Å². The zero-order valence-electron chi connectivity index (χ0n) is 18.7. The first kappa shape index (κ1) is 26.2. The van der Waals surface area contributed by atoms with Crippen molar-refractivity contribution in [1.29, 1.82) is 0 Å². The second-order valence-electron chi connectivity index (χ2n) is 8.65. The highest BCUT2D eigenvalue weighted by atomic mass is 32.1. The minimum absolute atomic E-state index is 0.00800. The van der Waals surface area contributed by atoms with Crippen LogP contribution in [0.4, 0.5) is 0 Å². The SMILES string of the molecule is COC(=O)CC(S)C(CC(C)C)C(=O)NC1CCCCNCCCCCCNC1. The number of carbonyl (C=O) groups excluding carboxylic acids is 2. The van der Waals surface area contributed by atoms with E-state index in [4.69, 9.17) is 4.74 Å². The Morgan fingerprint density at radius 2 is 1.66 bits per heavy atom. The Hall–Kier alpha value is -0.790. The lowest BCUT2D eigenvalue weighted by Gasteiger charge is -2.27. The number of hydrogen-bond acceptors (Lipinski definition) is 6. The fourth-order valence-electron chi connectivity index (χ4n) is 3.77. The van der Waals surface area contributed by atoms with Gasteiger partial charge in [-0.25, -0.2) is 0 Å². The Balaban J connectivity index is 2.66. The van der Waals surface area contributed by atoms with Gasteiger partial charge in [-0.3, -0.25) is 9.59 Å². The summed E-state index contributed by atoms with van der Waals surface area (Å²) in [6.45, 7) is 8.12. The van der Waals surface area contributed by atoms with Crippen LogP contribution in [0.2, 0.25) is 0 Å². The zero-order chi connectivity index (χ0) is 21.5. The van der Waals surface area contributed by atoms with Crippen molar-refractivity contribution in [3.05, 3.63) is 0 Å². The van der Waals surface area contributed by atoms with Crippen molar-refractivity contribution in [3.63, 3.8) is 0 Å². The van der Waals surface area contributed by atoms with Crippen molar-refractivity contribution in [3.8, 4) is 0 Å². The molecule has 0 aliphatic carbocycles. The molecule has 1 amide bonds. The molecule has 1 heterocycles. The maximum atomic E-state index is 13.1. The third-order valence-electron chi connectivity index (χ3n) is 5.48. The van der Waals surface area contributed by atoms with Gasteiger partial charge in [0.1, 0.15) is 0 Å². The van der Waals surface area contributed by atoms with Gasteiger partial charge in [0.05, 0.1) is 19.4 Å². The molecular formula is C22H43N3O3S. The number of carbonyl (C=O) groups is 2. The summed E-state index contributed by atoms with van der Waals surface area (Å²) in [6.07, 6.45) is 8.98. The van der Waals surface area contributed by atoms with E-state index in [-0.39, 0.29) is 35.5 Å². The van der Waals surface area contributed by atoms with Crippen molar-refractivity contribution < 1.29 is 14.3 Å². The molecule has 1 saturated heterocycles. The van der Waals surface area contributed by atoms with Crippen LogP contribution in [0.15, 0.2) is 0 Å². The van der Waals surface area contributed by atoms with Crippen LogP contribution in [0.25, 0.3) is 0 Å². The van der Waals surface area contributed by atoms with Gasteiger partial charge in [0.15, 0.2) is 0 Å². The minimum Gasteiger partial charge on any atom is -0.469 e. The van der Waals surface area contributed by atoms with E-state index in [1.165, 1.54) is 32.8 Å². The number of amides is 1. The molecule has 0 aromatic carbocycles. The van der Waals surface area contributed by atoms with Gasteiger partial charge in [-0.05, 0) is 57.7 Å². The largest absolute Gasteiger partial charge is 0.469 e. The predicted octanol–water partition coefficient (Wildman–Crippen LogP) is 2.92. The summed E-state index contributed by atoms with van der Waals surface area (Å²) in [7, 11) is 1.37. The van der Waals surface area contributed by atoms with E-state index < -0.39 is 0 Å². The molecule has 0 spiro atoms. The number of rotatable bonds is 7. The van der Waals surface area contributed by atoms with Crippen LogP contribution in [-0.4, -0.2) is 56.5 Å². The van der Waals surface area contributed by atoms with Gasteiger partial charge in [0.25, 0.3) is 0 Å². The van der Waals surface area contributed by atoms with Gasteiger partial charge in [0, 0.05) is 17.8 Å². The molecule has 170 valence electrons. The second-order valence-corrected chi connectivity index (χ2v) is 9.32. The third kappa shape index (κ3) is 12.5. The van der Waals surface area contributed by atoms with E-state index in [2.05, 4.69) is 42.4 Å². The number of esters is 1. The fourth-order valence-corrected chi connectivity index (χ4v) is 4.18. The molecule has 0 aromatic rings. The zero-order valence-corrected chi connectivity index (χ0v) is 19.6. The van der Waals surface area contributed by atoms with Crippen molar-refractivity contribution in [2.24, 2.45) is 11.8 Å². The lowest BCUT2D eigenvalue weighted by Crippen LogP contribution is -2.47. The molecule has 0 radical (unpaired) electrons. The highest BCUT2D eigenvalue weighted by Crippen LogP contribution is 2.23.